The second-order valence-electron chi connectivity index (χ2n) is 0.224. The van der Waals surface area contributed by atoms with Gasteiger partial charge in [-0.05, 0) is 0 Å². The molecule has 0 aliphatic carbocycles. The summed E-state index contributed by atoms with van der Waals surface area (Å²) in [6.07, 6.45) is 0. The second-order valence-corrected chi connectivity index (χ2v) is 0.224. The summed E-state index contributed by atoms with van der Waals surface area (Å²) in [5, 5.41) is 14.8. The van der Waals surface area contributed by atoms with Crippen LogP contribution < -0.4 is 0 Å². The van der Waals surface area contributed by atoms with Gasteiger partial charge >= 0.3 is 27.5 Å². The maximum absolute atomic E-state index is 8.39. The Morgan fingerprint density at radius 1 is 1.29 bits per heavy atom. The van der Waals surface area contributed by atoms with Gasteiger partial charge in [0, 0.05) is 0 Å². The molecular weight excluding hydrogens is 303 g/mol. The van der Waals surface area contributed by atoms with E-state index in [2.05, 4.69) is 0 Å². The van der Waals surface area contributed by atoms with Crippen LogP contribution >= 0.6 is 0 Å². The first-order chi connectivity index (χ1) is 2.73. The molecule has 0 heterocycles. The van der Waals surface area contributed by atoms with Crippen LogP contribution in [0.1, 0.15) is 0 Å². The van der Waals surface area contributed by atoms with Gasteiger partial charge in [-0.25, -0.2) is 0 Å². The van der Waals surface area contributed by atoms with Crippen LogP contribution in [0.15, 0.2) is 0 Å². The first-order valence-electron chi connectivity index (χ1n) is 0.752. The standard InChI is InChI=1S/Bi.NO3.H2O.O.H/c;2-1(3)4;;;/h;;1H2;;/q+2;-1;;;/p-1. The van der Waals surface area contributed by atoms with Crippen LogP contribution in [0.5, 0.6) is 0 Å². The molecule has 0 saturated carbocycles. The molecule has 0 radical (unpaired) electrons. The van der Waals surface area contributed by atoms with Gasteiger partial charge in [0.15, 0.2) is 0 Å². The molecule has 0 amide bonds. The summed E-state index contributed by atoms with van der Waals surface area (Å²) >= 11 is 0.0556. The minimum absolute atomic E-state index is 0. The molecule has 0 saturated heterocycles. The molecule has 6 nitrogen and oxygen atoms in total. The van der Waals surface area contributed by atoms with Crippen molar-refractivity contribution in [1.29, 1.82) is 0 Å². The van der Waals surface area contributed by atoms with E-state index in [1.165, 1.54) is 0 Å². The van der Waals surface area contributed by atoms with Gasteiger partial charge in [-0.2, -0.15) is 0 Å². The number of hydrogen-bond acceptors (Lipinski definition) is 5. The van der Waals surface area contributed by atoms with E-state index in [-0.39, 0.29) is 30.2 Å². The van der Waals surface area contributed by atoms with Crippen molar-refractivity contribution in [3.05, 3.63) is 15.3 Å². The van der Waals surface area contributed by atoms with E-state index in [1.54, 1.807) is 0 Å². The number of hydrogen-bond donors (Lipinski definition) is 0. The van der Waals surface area contributed by atoms with Crippen molar-refractivity contribution in [3.63, 3.8) is 0 Å². The molecule has 0 fully saturated rings. The Hall–Kier alpha value is -0.157. The van der Waals surface area contributed by atoms with Gasteiger partial charge in [0.05, 0.1) is 5.09 Å². The van der Waals surface area contributed by atoms with Crippen LogP contribution in [0.3, 0.4) is 0 Å². The summed E-state index contributed by atoms with van der Waals surface area (Å²) < 4.78 is 8.39. The predicted octanol–water partition coefficient (Wildman–Crippen LogP) is -1.18. The fourth-order valence-electron chi connectivity index (χ4n) is 0. The van der Waals surface area contributed by atoms with Crippen molar-refractivity contribution in [1.82, 2.24) is 0 Å². The SMILES string of the molecule is O=[N+]([O-])[O-].[OH-].[O]=[BiH+2]. The van der Waals surface area contributed by atoms with Crippen LogP contribution in [0.25, 0.3) is 0 Å². The van der Waals surface area contributed by atoms with E-state index >= 15 is 0 Å². The monoisotopic (exact) mass is 305 g/mol. The molecule has 0 aromatic carbocycles. The van der Waals surface area contributed by atoms with Gasteiger partial charge in [0.25, 0.3) is 0 Å². The quantitative estimate of drug-likeness (QED) is 0.317. The van der Waals surface area contributed by atoms with Gasteiger partial charge in [-0.1, -0.05) is 0 Å². The van der Waals surface area contributed by atoms with E-state index in [0.717, 1.165) is 0 Å². The topological polar surface area (TPSA) is 113 Å². The third-order valence-electron chi connectivity index (χ3n) is 0. The molecule has 0 aliphatic heterocycles. The third kappa shape index (κ3) is 3510. The molecule has 42 valence electrons. The zero-order valence-corrected chi connectivity index (χ0v) is 6.91. The fourth-order valence-corrected chi connectivity index (χ4v) is 0. The first-order valence-corrected chi connectivity index (χ1v) is 2.34. The Bertz CT molecular complexity index is 39.3. The average molecular weight is 305 g/mol. The van der Waals surface area contributed by atoms with E-state index in [1.807, 2.05) is 0 Å². The molecular formula is H2BiNO5. The molecule has 7 heavy (non-hydrogen) atoms. The van der Waals surface area contributed by atoms with Crippen molar-refractivity contribution < 1.29 is 13.4 Å². The Labute approximate surface area is 53.8 Å². The normalized spacial score (nSPS) is 3.86. The second kappa shape index (κ2) is 17.0. The summed E-state index contributed by atoms with van der Waals surface area (Å²) in [6, 6.07) is 0. The molecule has 0 atom stereocenters. The summed E-state index contributed by atoms with van der Waals surface area (Å²) in [5.74, 6) is 0. The molecule has 0 aliphatic rings. The number of nitrogens with zero attached hydrogens (tertiary/aromatic N) is 1. The molecule has 0 aromatic rings. The van der Waals surface area contributed by atoms with Crippen LogP contribution in [0, 0.1) is 15.3 Å². The van der Waals surface area contributed by atoms with Gasteiger partial charge in [-0.15, -0.1) is 0 Å². The Morgan fingerprint density at radius 2 is 1.29 bits per heavy atom. The zero-order valence-electron chi connectivity index (χ0n) is 3.03. The summed E-state index contributed by atoms with van der Waals surface area (Å²) in [5.41, 5.74) is 0. The van der Waals surface area contributed by atoms with Crippen LogP contribution in [-0.4, -0.2) is 35.3 Å². The van der Waals surface area contributed by atoms with Gasteiger partial charge < -0.3 is 20.8 Å². The average Bonchev–Trinajstić information content (AvgIpc) is 1.41. The molecule has 7 heteroatoms. The Balaban J connectivity index is -0.0000000480. The van der Waals surface area contributed by atoms with E-state index in [0.29, 0.717) is 0 Å². The van der Waals surface area contributed by atoms with Crippen LogP contribution in [-0.2, 0) is 2.81 Å². The molecule has 0 aromatic heterocycles. The molecule has 0 rings (SSSR count). The van der Waals surface area contributed by atoms with Gasteiger partial charge in [0.1, 0.15) is 0 Å². The van der Waals surface area contributed by atoms with Crippen LogP contribution in [0.2, 0.25) is 0 Å². The third-order valence-corrected chi connectivity index (χ3v) is 0. The maximum atomic E-state index is 8.39. The number of rotatable bonds is 0. The Kier molecular flexibility index (Phi) is 38.3. The van der Waals surface area contributed by atoms with Crippen molar-refractivity contribution in [2.45, 2.75) is 0 Å². The fraction of sp³-hybridized carbons (Fsp3) is 0. The zero-order chi connectivity index (χ0) is 5.58. The summed E-state index contributed by atoms with van der Waals surface area (Å²) in [6.45, 7) is 0. The van der Waals surface area contributed by atoms with Gasteiger partial charge in [0.2, 0.25) is 0 Å². The van der Waals surface area contributed by atoms with Crippen molar-refractivity contribution in [2.75, 3.05) is 0 Å². The predicted molar refractivity (Wildman–Crippen MR) is 20.1 cm³/mol. The van der Waals surface area contributed by atoms with Crippen LogP contribution in [0.4, 0.5) is 0 Å². The van der Waals surface area contributed by atoms with Crippen molar-refractivity contribution >= 4 is 24.7 Å². The van der Waals surface area contributed by atoms with E-state index in [9.17, 15) is 0 Å². The minimum atomic E-state index is -1.75. The molecule has 1 N–H and O–H groups in total. The van der Waals surface area contributed by atoms with E-state index < -0.39 is 5.09 Å². The van der Waals surface area contributed by atoms with E-state index in [4.69, 9.17) is 18.1 Å². The first kappa shape index (κ1) is 15.8. The Morgan fingerprint density at radius 3 is 1.29 bits per heavy atom. The van der Waals surface area contributed by atoms with Crippen molar-refractivity contribution in [2.24, 2.45) is 0 Å². The van der Waals surface area contributed by atoms with Gasteiger partial charge in [-0.3, -0.25) is 0 Å². The molecule has 0 spiro atoms. The summed E-state index contributed by atoms with van der Waals surface area (Å²) in [4.78, 5) is 8.25. The molecule has 0 unspecified atom stereocenters. The van der Waals surface area contributed by atoms with Crippen molar-refractivity contribution in [3.8, 4) is 0 Å². The summed E-state index contributed by atoms with van der Waals surface area (Å²) in [7, 11) is 0. The molecule has 0 bridgehead atoms.